The summed E-state index contributed by atoms with van der Waals surface area (Å²) in [6, 6.07) is 20.6. The van der Waals surface area contributed by atoms with Gasteiger partial charge in [0.1, 0.15) is 17.5 Å². The Kier molecular flexibility index (Phi) is 3.58. The second kappa shape index (κ2) is 5.89. The SMILES string of the molecule is Fc1ccc(-c2nc3ccccc3n2Cc2ccccc2F)cc1. The highest BCUT2D eigenvalue weighted by atomic mass is 19.1. The molecule has 0 atom stereocenters. The molecule has 0 bridgehead atoms. The minimum Gasteiger partial charge on any atom is -0.319 e. The van der Waals surface area contributed by atoms with E-state index in [0.717, 1.165) is 16.6 Å². The van der Waals surface area contributed by atoms with Crippen LogP contribution in [0.4, 0.5) is 8.78 Å². The maximum absolute atomic E-state index is 14.1. The molecule has 0 aliphatic rings. The lowest BCUT2D eigenvalue weighted by molar-refractivity contribution is 0.602. The summed E-state index contributed by atoms with van der Waals surface area (Å²) in [6.07, 6.45) is 0. The second-order valence-corrected chi connectivity index (χ2v) is 5.61. The minimum absolute atomic E-state index is 0.250. The van der Waals surface area contributed by atoms with Gasteiger partial charge in [0.2, 0.25) is 0 Å². The minimum atomic E-state index is -0.296. The molecule has 0 spiro atoms. The van der Waals surface area contributed by atoms with Crippen LogP contribution in [-0.4, -0.2) is 9.55 Å². The van der Waals surface area contributed by atoms with Crippen molar-refractivity contribution < 1.29 is 8.78 Å². The van der Waals surface area contributed by atoms with Crippen LogP contribution in [0.3, 0.4) is 0 Å². The lowest BCUT2D eigenvalue weighted by Crippen LogP contribution is -2.04. The first kappa shape index (κ1) is 14.6. The maximum Gasteiger partial charge on any atom is 0.141 e. The van der Waals surface area contributed by atoms with E-state index in [9.17, 15) is 8.78 Å². The van der Waals surface area contributed by atoms with E-state index in [-0.39, 0.29) is 11.6 Å². The van der Waals surface area contributed by atoms with Gasteiger partial charge >= 0.3 is 0 Å². The Morgan fingerprint density at radius 1 is 0.792 bits per heavy atom. The summed E-state index contributed by atoms with van der Waals surface area (Å²) in [6.45, 7) is 0.361. The highest BCUT2D eigenvalue weighted by molar-refractivity contribution is 5.80. The van der Waals surface area contributed by atoms with Gasteiger partial charge in [-0.2, -0.15) is 0 Å². The van der Waals surface area contributed by atoms with Crippen molar-refractivity contribution in [2.45, 2.75) is 6.54 Å². The molecular weight excluding hydrogens is 306 g/mol. The van der Waals surface area contributed by atoms with Crippen molar-refractivity contribution in [1.82, 2.24) is 9.55 Å². The fraction of sp³-hybridized carbons (Fsp3) is 0.0500. The Labute approximate surface area is 138 Å². The molecule has 2 nitrogen and oxygen atoms in total. The molecule has 0 N–H and O–H groups in total. The fourth-order valence-corrected chi connectivity index (χ4v) is 2.85. The zero-order chi connectivity index (χ0) is 16.5. The molecule has 0 unspecified atom stereocenters. The van der Waals surface area contributed by atoms with Crippen molar-refractivity contribution in [2.24, 2.45) is 0 Å². The summed E-state index contributed by atoms with van der Waals surface area (Å²) < 4.78 is 29.3. The molecule has 1 aromatic heterocycles. The van der Waals surface area contributed by atoms with Gasteiger partial charge in [0.25, 0.3) is 0 Å². The second-order valence-electron chi connectivity index (χ2n) is 5.61. The molecule has 3 aromatic carbocycles. The number of hydrogen-bond acceptors (Lipinski definition) is 1. The molecule has 0 saturated carbocycles. The van der Waals surface area contributed by atoms with Crippen LogP contribution in [0.25, 0.3) is 22.4 Å². The summed E-state index contributed by atoms with van der Waals surface area (Å²) in [7, 11) is 0. The number of benzene rings is 3. The number of halogens is 2. The van der Waals surface area contributed by atoms with Crippen LogP contribution in [-0.2, 0) is 6.54 Å². The topological polar surface area (TPSA) is 17.8 Å². The molecule has 0 fully saturated rings. The van der Waals surface area contributed by atoms with Crippen molar-refractivity contribution >= 4 is 11.0 Å². The molecule has 118 valence electrons. The number of imidazole rings is 1. The van der Waals surface area contributed by atoms with E-state index in [1.54, 1.807) is 24.3 Å². The van der Waals surface area contributed by atoms with Gasteiger partial charge in [0.15, 0.2) is 0 Å². The number of fused-ring (bicyclic) bond motifs is 1. The number of aromatic nitrogens is 2. The van der Waals surface area contributed by atoms with Crippen LogP contribution in [0, 0.1) is 11.6 Å². The predicted octanol–water partition coefficient (Wildman–Crippen LogP) is 5.03. The third-order valence-corrected chi connectivity index (χ3v) is 4.04. The quantitative estimate of drug-likeness (QED) is 0.518. The summed E-state index contributed by atoms with van der Waals surface area (Å²) in [4.78, 5) is 4.66. The molecule has 4 aromatic rings. The van der Waals surface area contributed by atoms with Crippen molar-refractivity contribution in [1.29, 1.82) is 0 Å². The first-order chi connectivity index (χ1) is 11.7. The highest BCUT2D eigenvalue weighted by Crippen LogP contribution is 2.26. The van der Waals surface area contributed by atoms with Gasteiger partial charge in [0.05, 0.1) is 17.6 Å². The smallest absolute Gasteiger partial charge is 0.141 e. The number of hydrogen-bond donors (Lipinski definition) is 0. The van der Waals surface area contributed by atoms with Crippen LogP contribution < -0.4 is 0 Å². The van der Waals surface area contributed by atoms with E-state index < -0.39 is 0 Å². The molecule has 0 saturated heterocycles. The maximum atomic E-state index is 14.1. The molecule has 0 amide bonds. The number of para-hydroxylation sites is 2. The average molecular weight is 320 g/mol. The normalized spacial score (nSPS) is 11.1. The third-order valence-electron chi connectivity index (χ3n) is 4.04. The largest absolute Gasteiger partial charge is 0.319 e. The Bertz CT molecular complexity index is 1000. The zero-order valence-corrected chi connectivity index (χ0v) is 12.8. The van der Waals surface area contributed by atoms with E-state index in [2.05, 4.69) is 4.98 Å². The number of nitrogens with zero attached hydrogens (tertiary/aromatic N) is 2. The molecule has 0 aliphatic carbocycles. The van der Waals surface area contributed by atoms with Crippen LogP contribution in [0.1, 0.15) is 5.56 Å². The van der Waals surface area contributed by atoms with E-state index in [4.69, 9.17) is 0 Å². The van der Waals surface area contributed by atoms with E-state index in [1.807, 2.05) is 34.9 Å². The van der Waals surface area contributed by atoms with Crippen molar-refractivity contribution in [2.75, 3.05) is 0 Å². The zero-order valence-electron chi connectivity index (χ0n) is 12.8. The Hall–Kier alpha value is -3.01. The lowest BCUT2D eigenvalue weighted by atomic mass is 10.2. The van der Waals surface area contributed by atoms with Gasteiger partial charge in [0, 0.05) is 11.1 Å². The van der Waals surface area contributed by atoms with Gasteiger partial charge in [-0.15, -0.1) is 0 Å². The van der Waals surface area contributed by atoms with E-state index in [1.165, 1.54) is 18.2 Å². The summed E-state index contributed by atoms with van der Waals surface area (Å²) in [5, 5.41) is 0. The van der Waals surface area contributed by atoms with Gasteiger partial charge in [-0.25, -0.2) is 13.8 Å². The van der Waals surface area contributed by atoms with Crippen molar-refractivity contribution in [3.8, 4) is 11.4 Å². The Balaban J connectivity index is 1.90. The molecular formula is C20H14F2N2. The molecule has 4 rings (SSSR count). The number of rotatable bonds is 3. The van der Waals surface area contributed by atoms with Gasteiger partial charge in [-0.1, -0.05) is 30.3 Å². The van der Waals surface area contributed by atoms with E-state index >= 15 is 0 Å². The third kappa shape index (κ3) is 2.56. The Morgan fingerprint density at radius 2 is 1.50 bits per heavy atom. The first-order valence-electron chi connectivity index (χ1n) is 7.67. The first-order valence-corrected chi connectivity index (χ1v) is 7.67. The Morgan fingerprint density at radius 3 is 2.29 bits per heavy atom. The summed E-state index contributed by atoms with van der Waals surface area (Å²) in [5.74, 6) is 0.148. The lowest BCUT2D eigenvalue weighted by Gasteiger charge is -2.10. The molecule has 0 aliphatic heterocycles. The van der Waals surface area contributed by atoms with Crippen molar-refractivity contribution in [3.63, 3.8) is 0 Å². The molecule has 1 heterocycles. The van der Waals surface area contributed by atoms with Crippen molar-refractivity contribution in [3.05, 3.63) is 90.0 Å². The summed E-state index contributed by atoms with van der Waals surface area (Å²) in [5.41, 5.74) is 3.13. The fourth-order valence-electron chi connectivity index (χ4n) is 2.85. The van der Waals surface area contributed by atoms with Crippen LogP contribution >= 0.6 is 0 Å². The summed E-state index contributed by atoms with van der Waals surface area (Å²) >= 11 is 0. The van der Waals surface area contributed by atoms with Crippen LogP contribution in [0.5, 0.6) is 0 Å². The van der Waals surface area contributed by atoms with Crippen LogP contribution in [0.15, 0.2) is 72.8 Å². The van der Waals surface area contributed by atoms with Gasteiger partial charge in [-0.05, 0) is 42.5 Å². The molecule has 4 heteroatoms. The average Bonchev–Trinajstić information content (AvgIpc) is 2.96. The standard InChI is InChI=1S/C20H14F2N2/c21-16-11-9-14(10-12-16)20-23-18-7-3-4-8-19(18)24(20)13-15-5-1-2-6-17(15)22/h1-12H,13H2. The molecule has 24 heavy (non-hydrogen) atoms. The van der Waals surface area contributed by atoms with Crippen LogP contribution in [0.2, 0.25) is 0 Å². The monoisotopic (exact) mass is 320 g/mol. The molecule has 0 radical (unpaired) electrons. The highest BCUT2D eigenvalue weighted by Gasteiger charge is 2.14. The van der Waals surface area contributed by atoms with Gasteiger partial charge < -0.3 is 4.57 Å². The predicted molar refractivity (Wildman–Crippen MR) is 90.6 cm³/mol. The van der Waals surface area contributed by atoms with Gasteiger partial charge in [-0.3, -0.25) is 0 Å². The van der Waals surface area contributed by atoms with E-state index in [0.29, 0.717) is 17.9 Å².